The standard InChI is InChI=1S/C32H41FN6O4Si/c1-21-29(44(2,3)33)28(13-16-38-20-24(14-17-40)36-37-38)43-32(21)25-10-4-5-12-27(25)39(31(32)42)19-22-8-6-9-23(18-22)35-30(41)26-11-7-15-34-26/h4-6,8-10,12,18,20-21,26,28-29,34,40H,7,11,13-17,19H2,1-3H3,(H,35,41)/t21-,26+,28+,29-,32+/m0/s1. The highest BCUT2D eigenvalue weighted by molar-refractivity contribution is 6.72. The van der Waals surface area contributed by atoms with Crippen LogP contribution in [0.1, 0.15) is 43.0 Å². The first kappa shape index (κ1) is 30.6. The lowest BCUT2D eigenvalue weighted by Gasteiger charge is -2.31. The maximum absolute atomic E-state index is 16.1. The largest absolute Gasteiger partial charge is 0.396 e. The zero-order valence-corrected chi connectivity index (χ0v) is 26.5. The molecule has 3 aliphatic heterocycles. The Labute approximate surface area is 258 Å². The molecule has 2 amide bonds. The minimum atomic E-state index is -3.29. The summed E-state index contributed by atoms with van der Waals surface area (Å²) >= 11 is 0. The van der Waals surface area contributed by atoms with Crippen LogP contribution in [0.4, 0.5) is 15.5 Å². The third kappa shape index (κ3) is 5.60. The number of halogens is 1. The first-order valence-corrected chi connectivity index (χ1v) is 18.5. The van der Waals surface area contributed by atoms with Crippen molar-refractivity contribution in [1.82, 2.24) is 20.3 Å². The number of para-hydroxylation sites is 1. The normalized spacial score (nSPS) is 26.5. The molecule has 2 saturated heterocycles. The van der Waals surface area contributed by atoms with Crippen LogP contribution in [0.3, 0.4) is 0 Å². The molecule has 0 aliphatic carbocycles. The molecule has 10 nitrogen and oxygen atoms in total. The van der Waals surface area contributed by atoms with E-state index in [0.717, 1.165) is 36.2 Å². The number of ether oxygens (including phenoxy) is 1. The van der Waals surface area contributed by atoms with Crippen molar-refractivity contribution >= 4 is 31.6 Å². The lowest BCUT2D eigenvalue weighted by atomic mass is 9.82. The summed E-state index contributed by atoms with van der Waals surface area (Å²) in [7, 11) is -3.29. The van der Waals surface area contributed by atoms with Crippen LogP contribution < -0.4 is 15.5 Å². The number of rotatable bonds is 10. The van der Waals surface area contributed by atoms with Gasteiger partial charge in [0.1, 0.15) is 0 Å². The Hall–Kier alpha value is -3.45. The van der Waals surface area contributed by atoms with Crippen molar-refractivity contribution < 1.29 is 23.5 Å². The molecular formula is C32H41FN6O4Si. The molecule has 12 heteroatoms. The van der Waals surface area contributed by atoms with E-state index in [0.29, 0.717) is 30.8 Å². The molecule has 1 spiro atoms. The lowest BCUT2D eigenvalue weighted by Crippen LogP contribution is -2.45. The van der Waals surface area contributed by atoms with Crippen molar-refractivity contribution in [2.45, 2.75) is 82.1 Å². The molecule has 5 atom stereocenters. The second-order valence-corrected chi connectivity index (χ2v) is 16.5. The van der Waals surface area contributed by atoms with Crippen molar-refractivity contribution in [1.29, 1.82) is 0 Å². The quantitative estimate of drug-likeness (QED) is 0.232. The maximum Gasteiger partial charge on any atom is 0.264 e. The minimum Gasteiger partial charge on any atom is -0.396 e. The van der Waals surface area contributed by atoms with Crippen LogP contribution in [-0.2, 0) is 39.4 Å². The number of amides is 2. The molecule has 0 unspecified atom stereocenters. The molecule has 44 heavy (non-hydrogen) atoms. The first-order valence-electron chi connectivity index (χ1n) is 15.5. The van der Waals surface area contributed by atoms with Crippen molar-refractivity contribution in [3.05, 3.63) is 71.5 Å². The van der Waals surface area contributed by atoms with Gasteiger partial charge in [-0.05, 0) is 62.7 Å². The highest BCUT2D eigenvalue weighted by Gasteiger charge is 2.66. The van der Waals surface area contributed by atoms with Crippen LogP contribution in [0.5, 0.6) is 0 Å². The molecule has 2 aromatic carbocycles. The topological polar surface area (TPSA) is 122 Å². The van der Waals surface area contributed by atoms with E-state index >= 15 is 4.11 Å². The van der Waals surface area contributed by atoms with E-state index in [1.807, 2.05) is 55.5 Å². The van der Waals surface area contributed by atoms with Crippen LogP contribution in [-0.4, -0.2) is 65.6 Å². The number of hydrogen-bond donors (Lipinski definition) is 3. The number of carbonyl (C=O) groups excluding carboxylic acids is 2. The van der Waals surface area contributed by atoms with Gasteiger partial charge in [-0.15, -0.1) is 5.10 Å². The number of hydrogen-bond acceptors (Lipinski definition) is 7. The predicted molar refractivity (Wildman–Crippen MR) is 167 cm³/mol. The first-order chi connectivity index (χ1) is 21.1. The number of benzene rings is 2. The highest BCUT2D eigenvalue weighted by Crippen LogP contribution is 2.60. The van der Waals surface area contributed by atoms with E-state index in [2.05, 4.69) is 20.9 Å². The molecule has 0 saturated carbocycles. The van der Waals surface area contributed by atoms with Crippen LogP contribution in [0.2, 0.25) is 18.6 Å². The minimum absolute atomic E-state index is 0.0108. The Bertz CT molecular complexity index is 1520. The summed E-state index contributed by atoms with van der Waals surface area (Å²) in [5.41, 5.74) is 2.06. The smallest absolute Gasteiger partial charge is 0.264 e. The highest BCUT2D eigenvalue weighted by atomic mass is 28.4. The second-order valence-electron chi connectivity index (χ2n) is 12.8. The Morgan fingerprint density at radius 3 is 2.82 bits per heavy atom. The Morgan fingerprint density at radius 2 is 2.07 bits per heavy atom. The number of anilines is 2. The van der Waals surface area contributed by atoms with E-state index in [-0.39, 0.29) is 36.9 Å². The van der Waals surface area contributed by atoms with Gasteiger partial charge in [0.25, 0.3) is 5.91 Å². The maximum atomic E-state index is 16.1. The zero-order chi connectivity index (χ0) is 31.1. The van der Waals surface area contributed by atoms with Crippen molar-refractivity contribution in [3.63, 3.8) is 0 Å². The molecule has 3 aromatic rings. The van der Waals surface area contributed by atoms with Crippen molar-refractivity contribution in [3.8, 4) is 0 Å². The summed E-state index contributed by atoms with van der Waals surface area (Å²) in [5, 5.41) is 23.7. The summed E-state index contributed by atoms with van der Waals surface area (Å²) < 4.78 is 24.6. The number of aromatic nitrogens is 3. The molecule has 234 valence electrons. The third-order valence-electron chi connectivity index (χ3n) is 9.38. The van der Waals surface area contributed by atoms with Crippen molar-refractivity contribution in [2.75, 3.05) is 23.4 Å². The predicted octanol–water partition coefficient (Wildman–Crippen LogP) is 3.92. The van der Waals surface area contributed by atoms with Gasteiger partial charge >= 0.3 is 0 Å². The lowest BCUT2D eigenvalue weighted by molar-refractivity contribution is -0.146. The van der Waals surface area contributed by atoms with Gasteiger partial charge < -0.3 is 29.5 Å². The van der Waals surface area contributed by atoms with Gasteiger partial charge in [0.15, 0.2) is 5.60 Å². The SMILES string of the molecule is C[C@H]1[C@H]([Si](C)(C)F)[C@@H](CCn2cc(CCO)nn2)O[C@]12C(=O)N(Cc1cccc(NC(=O)[C@H]3CCCN3)c1)c1ccccc12. The summed E-state index contributed by atoms with van der Waals surface area (Å²) in [6.07, 6.45) is 3.99. The fourth-order valence-corrected chi connectivity index (χ4v) is 9.97. The van der Waals surface area contributed by atoms with Crippen molar-refractivity contribution in [2.24, 2.45) is 5.92 Å². The summed E-state index contributed by atoms with van der Waals surface area (Å²) in [4.78, 5) is 29.0. The van der Waals surface area contributed by atoms with Gasteiger partial charge in [-0.25, -0.2) is 0 Å². The number of fused-ring (bicyclic) bond motifs is 2. The van der Waals surface area contributed by atoms with E-state index in [1.165, 1.54) is 0 Å². The van der Waals surface area contributed by atoms with E-state index in [9.17, 15) is 14.7 Å². The van der Waals surface area contributed by atoms with Crippen LogP contribution in [0, 0.1) is 5.92 Å². The monoisotopic (exact) mass is 620 g/mol. The number of aliphatic hydroxyl groups is 1. The van der Waals surface area contributed by atoms with E-state index < -0.39 is 25.7 Å². The number of aliphatic hydroxyl groups excluding tert-OH is 1. The molecule has 0 radical (unpaired) electrons. The Morgan fingerprint density at radius 1 is 1.25 bits per heavy atom. The van der Waals surface area contributed by atoms with Crippen LogP contribution in [0.15, 0.2) is 54.7 Å². The molecule has 1 aromatic heterocycles. The van der Waals surface area contributed by atoms with Gasteiger partial charge in [-0.2, -0.15) is 0 Å². The fourth-order valence-electron chi connectivity index (χ4n) is 7.43. The third-order valence-corrected chi connectivity index (χ3v) is 11.8. The van der Waals surface area contributed by atoms with Gasteiger partial charge in [0.05, 0.1) is 30.1 Å². The molecule has 0 bridgehead atoms. The fraction of sp³-hybridized carbons (Fsp3) is 0.500. The van der Waals surface area contributed by atoms with E-state index in [4.69, 9.17) is 4.74 Å². The van der Waals surface area contributed by atoms with Gasteiger partial charge in [-0.3, -0.25) is 14.3 Å². The molecule has 4 heterocycles. The van der Waals surface area contributed by atoms with Gasteiger partial charge in [-0.1, -0.05) is 42.5 Å². The number of nitrogens with zero attached hydrogens (tertiary/aromatic N) is 4. The van der Waals surface area contributed by atoms with Crippen LogP contribution >= 0.6 is 0 Å². The average Bonchev–Trinajstić information content (AvgIpc) is 3.77. The number of nitrogens with one attached hydrogen (secondary N) is 2. The second kappa shape index (κ2) is 12.1. The number of carbonyl (C=O) groups is 2. The van der Waals surface area contributed by atoms with Crippen LogP contribution in [0.25, 0.3) is 0 Å². The number of aryl methyl sites for hydroxylation is 1. The molecule has 3 aliphatic rings. The van der Waals surface area contributed by atoms with E-state index in [1.54, 1.807) is 28.9 Å². The molecule has 6 rings (SSSR count). The Balaban J connectivity index is 1.26. The van der Waals surface area contributed by atoms with Gasteiger partial charge in [0.2, 0.25) is 14.3 Å². The summed E-state index contributed by atoms with van der Waals surface area (Å²) in [6.45, 7) is 6.93. The molecule has 2 fully saturated rings. The molecule has 3 N–H and O–H groups in total. The summed E-state index contributed by atoms with van der Waals surface area (Å²) in [6, 6.07) is 15.0. The average molecular weight is 621 g/mol. The molecular weight excluding hydrogens is 579 g/mol. The zero-order valence-electron chi connectivity index (χ0n) is 25.5. The van der Waals surface area contributed by atoms with Gasteiger partial charge in [0, 0.05) is 48.5 Å². The summed E-state index contributed by atoms with van der Waals surface area (Å²) in [5.74, 6) is -0.629. The Kier molecular flexibility index (Phi) is 8.44.